The molecule has 6 heteroatoms. The summed E-state index contributed by atoms with van der Waals surface area (Å²) in [7, 11) is 1.60. The molecule has 29 heavy (non-hydrogen) atoms. The average molecular weight is 395 g/mol. The second kappa shape index (κ2) is 9.28. The smallest absolute Gasteiger partial charge is 0.321 e. The third kappa shape index (κ3) is 4.26. The Morgan fingerprint density at radius 2 is 1.62 bits per heavy atom. The van der Waals surface area contributed by atoms with Crippen LogP contribution in [0.15, 0.2) is 54.7 Å². The predicted molar refractivity (Wildman–Crippen MR) is 110 cm³/mol. The number of fused-ring (bicyclic) bond motifs is 1. The van der Waals surface area contributed by atoms with Gasteiger partial charge in [-0.15, -0.1) is 0 Å². The molecule has 1 aromatic heterocycles. The minimum Gasteiger partial charge on any atom is -0.497 e. The van der Waals surface area contributed by atoms with Crippen molar-refractivity contribution in [2.75, 3.05) is 20.3 Å². The molecule has 0 saturated heterocycles. The number of methoxy groups -OCH3 is 1. The zero-order valence-electron chi connectivity index (χ0n) is 16.8. The number of ether oxygens (including phenoxy) is 3. The van der Waals surface area contributed by atoms with Crippen molar-refractivity contribution in [2.24, 2.45) is 5.92 Å². The van der Waals surface area contributed by atoms with Gasteiger partial charge in [-0.1, -0.05) is 30.3 Å². The highest BCUT2D eigenvalue weighted by atomic mass is 16.6. The largest absolute Gasteiger partial charge is 0.497 e. The topological polar surface area (TPSA) is 77.6 Å². The minimum atomic E-state index is -1.12. The Morgan fingerprint density at radius 1 is 0.966 bits per heavy atom. The number of hydrogen-bond acceptors (Lipinski definition) is 5. The maximum atomic E-state index is 12.9. The lowest BCUT2D eigenvalue weighted by Gasteiger charge is -2.24. The molecule has 6 nitrogen and oxygen atoms in total. The maximum absolute atomic E-state index is 12.9. The molecule has 0 saturated carbocycles. The summed E-state index contributed by atoms with van der Waals surface area (Å²) >= 11 is 0. The monoisotopic (exact) mass is 395 g/mol. The van der Waals surface area contributed by atoms with Crippen molar-refractivity contribution in [2.45, 2.75) is 19.8 Å². The number of aromatic amines is 1. The van der Waals surface area contributed by atoms with Crippen molar-refractivity contribution < 1.29 is 23.8 Å². The van der Waals surface area contributed by atoms with Crippen molar-refractivity contribution in [1.82, 2.24) is 4.98 Å². The van der Waals surface area contributed by atoms with Crippen LogP contribution in [0.2, 0.25) is 0 Å². The van der Waals surface area contributed by atoms with Gasteiger partial charge in [-0.3, -0.25) is 9.59 Å². The van der Waals surface area contributed by atoms with Crippen LogP contribution >= 0.6 is 0 Å². The fourth-order valence-corrected chi connectivity index (χ4v) is 3.55. The SMILES string of the molecule is CCOC(=O)C(C(=O)OCC)[C@@H](c1ccccc1)c1c[nH]c2ccc(OC)cc12. The summed E-state index contributed by atoms with van der Waals surface area (Å²) in [5.74, 6) is -2.21. The molecule has 1 heterocycles. The number of rotatable bonds is 8. The van der Waals surface area contributed by atoms with Gasteiger partial charge >= 0.3 is 11.9 Å². The van der Waals surface area contributed by atoms with Crippen LogP contribution in [-0.2, 0) is 19.1 Å². The lowest BCUT2D eigenvalue weighted by Crippen LogP contribution is -2.34. The first-order chi connectivity index (χ1) is 14.1. The summed E-state index contributed by atoms with van der Waals surface area (Å²) in [5.41, 5.74) is 2.51. The summed E-state index contributed by atoms with van der Waals surface area (Å²) in [6.07, 6.45) is 1.83. The number of benzene rings is 2. The quantitative estimate of drug-likeness (QED) is 0.460. The van der Waals surface area contributed by atoms with E-state index in [1.807, 2.05) is 54.7 Å². The molecule has 1 atom stereocenters. The van der Waals surface area contributed by atoms with Gasteiger partial charge in [0.25, 0.3) is 0 Å². The van der Waals surface area contributed by atoms with E-state index in [1.54, 1.807) is 21.0 Å². The Morgan fingerprint density at radius 3 is 2.21 bits per heavy atom. The molecule has 0 unspecified atom stereocenters. The van der Waals surface area contributed by atoms with E-state index in [1.165, 1.54) is 0 Å². The van der Waals surface area contributed by atoms with Crippen LogP contribution in [0, 0.1) is 5.92 Å². The van der Waals surface area contributed by atoms with E-state index < -0.39 is 23.8 Å². The number of carbonyl (C=O) groups is 2. The van der Waals surface area contributed by atoms with Gasteiger partial charge in [0.2, 0.25) is 0 Å². The molecule has 3 rings (SSSR count). The zero-order valence-corrected chi connectivity index (χ0v) is 16.8. The summed E-state index contributed by atoms with van der Waals surface area (Å²) < 4.78 is 15.9. The van der Waals surface area contributed by atoms with Crippen LogP contribution in [-0.4, -0.2) is 37.2 Å². The van der Waals surface area contributed by atoms with Gasteiger partial charge < -0.3 is 19.2 Å². The van der Waals surface area contributed by atoms with Crippen molar-refractivity contribution in [3.63, 3.8) is 0 Å². The number of esters is 2. The Kier molecular flexibility index (Phi) is 6.54. The van der Waals surface area contributed by atoms with Crippen molar-refractivity contribution in [3.05, 3.63) is 65.9 Å². The fraction of sp³-hybridized carbons (Fsp3) is 0.304. The average Bonchev–Trinajstić information content (AvgIpc) is 3.15. The third-order valence-electron chi connectivity index (χ3n) is 4.83. The number of hydrogen-bond donors (Lipinski definition) is 1. The molecule has 0 aliphatic heterocycles. The van der Waals surface area contributed by atoms with E-state index in [9.17, 15) is 9.59 Å². The Labute approximate surface area is 169 Å². The van der Waals surface area contributed by atoms with Gasteiger partial charge in [0.15, 0.2) is 5.92 Å². The lowest BCUT2D eigenvalue weighted by molar-refractivity contribution is -0.162. The lowest BCUT2D eigenvalue weighted by atomic mass is 9.80. The van der Waals surface area contributed by atoms with Crippen molar-refractivity contribution in [3.8, 4) is 5.75 Å². The summed E-state index contributed by atoms with van der Waals surface area (Å²) in [5, 5.41) is 0.872. The molecule has 0 spiro atoms. The first kappa shape index (κ1) is 20.5. The first-order valence-electron chi connectivity index (χ1n) is 9.63. The van der Waals surface area contributed by atoms with E-state index in [4.69, 9.17) is 14.2 Å². The fourth-order valence-electron chi connectivity index (χ4n) is 3.55. The normalized spacial score (nSPS) is 12.0. The molecule has 0 bridgehead atoms. The number of carbonyl (C=O) groups excluding carboxylic acids is 2. The minimum absolute atomic E-state index is 0.179. The molecule has 0 aliphatic carbocycles. The highest BCUT2D eigenvalue weighted by molar-refractivity contribution is 5.98. The van der Waals surface area contributed by atoms with Crippen LogP contribution in [0.25, 0.3) is 10.9 Å². The molecule has 152 valence electrons. The molecule has 2 aromatic carbocycles. The zero-order chi connectivity index (χ0) is 20.8. The molecule has 0 amide bonds. The molecule has 0 fully saturated rings. The molecule has 0 radical (unpaired) electrons. The van der Waals surface area contributed by atoms with Crippen LogP contribution in [0.3, 0.4) is 0 Å². The highest BCUT2D eigenvalue weighted by Crippen LogP contribution is 2.38. The van der Waals surface area contributed by atoms with E-state index in [-0.39, 0.29) is 13.2 Å². The van der Waals surface area contributed by atoms with E-state index in [2.05, 4.69) is 4.98 Å². The van der Waals surface area contributed by atoms with Gasteiger partial charge in [-0.25, -0.2) is 0 Å². The molecule has 0 aliphatic rings. The maximum Gasteiger partial charge on any atom is 0.321 e. The number of aromatic nitrogens is 1. The molecular formula is C23H25NO5. The second-order valence-corrected chi connectivity index (χ2v) is 6.53. The Hall–Kier alpha value is -3.28. The van der Waals surface area contributed by atoms with E-state index >= 15 is 0 Å². The van der Waals surface area contributed by atoms with Gasteiger partial charge in [-0.2, -0.15) is 0 Å². The van der Waals surface area contributed by atoms with Gasteiger partial charge in [0.1, 0.15) is 5.75 Å². The van der Waals surface area contributed by atoms with Crippen LogP contribution in [0.5, 0.6) is 5.75 Å². The highest BCUT2D eigenvalue weighted by Gasteiger charge is 2.40. The van der Waals surface area contributed by atoms with Crippen molar-refractivity contribution >= 4 is 22.8 Å². The van der Waals surface area contributed by atoms with Gasteiger partial charge in [0, 0.05) is 23.0 Å². The summed E-state index contributed by atoms with van der Waals surface area (Å²) in [6.45, 7) is 3.79. The van der Waals surface area contributed by atoms with Gasteiger partial charge in [-0.05, 0) is 43.2 Å². The summed E-state index contributed by atoms with van der Waals surface area (Å²) in [4.78, 5) is 29.0. The van der Waals surface area contributed by atoms with E-state index in [0.717, 1.165) is 22.0 Å². The predicted octanol–water partition coefficient (Wildman–Crippen LogP) is 4.05. The van der Waals surface area contributed by atoms with Crippen LogP contribution in [0.1, 0.15) is 30.9 Å². The standard InChI is InChI=1S/C23H25NO5/c1-4-28-22(25)21(23(26)29-5-2)20(15-9-7-6-8-10-15)18-14-24-19-12-11-16(27-3)13-17(18)19/h6-14,20-21,24H,4-5H2,1-3H3/t20-/m0/s1. The van der Waals surface area contributed by atoms with Crippen LogP contribution < -0.4 is 4.74 Å². The molecular weight excluding hydrogens is 370 g/mol. The Balaban J connectivity index is 2.21. The number of H-pyrrole nitrogens is 1. The van der Waals surface area contributed by atoms with Gasteiger partial charge in [0.05, 0.1) is 20.3 Å². The van der Waals surface area contributed by atoms with Crippen molar-refractivity contribution in [1.29, 1.82) is 0 Å². The molecule has 1 N–H and O–H groups in total. The van der Waals surface area contributed by atoms with Crippen LogP contribution in [0.4, 0.5) is 0 Å². The Bertz CT molecular complexity index is 961. The first-order valence-corrected chi connectivity index (χ1v) is 9.63. The summed E-state index contributed by atoms with van der Waals surface area (Å²) in [6, 6.07) is 15.1. The second-order valence-electron chi connectivity index (χ2n) is 6.53. The number of nitrogens with one attached hydrogen (secondary N) is 1. The molecule has 3 aromatic rings. The van der Waals surface area contributed by atoms with E-state index in [0.29, 0.717) is 5.75 Å². The third-order valence-corrected chi connectivity index (χ3v) is 4.83.